The van der Waals surface area contributed by atoms with Crippen LogP contribution in [0.15, 0.2) is 10.6 Å². The molecule has 0 bridgehead atoms. The fraction of sp³-hybridized carbons (Fsp3) is 0.643. The third-order valence-electron chi connectivity index (χ3n) is 4.32. The van der Waals surface area contributed by atoms with Crippen LogP contribution >= 0.6 is 0 Å². The van der Waals surface area contributed by atoms with Gasteiger partial charge in [-0.1, -0.05) is 0 Å². The highest BCUT2D eigenvalue weighted by atomic mass is 16.5. The van der Waals surface area contributed by atoms with E-state index in [0.717, 1.165) is 19.4 Å². The highest BCUT2D eigenvalue weighted by Crippen LogP contribution is 2.37. The number of nitrogens with zero attached hydrogens (tertiary/aromatic N) is 2. The summed E-state index contributed by atoms with van der Waals surface area (Å²) < 4.78 is 10.2. The van der Waals surface area contributed by atoms with Gasteiger partial charge < -0.3 is 19.5 Å². The van der Waals surface area contributed by atoms with Crippen LogP contribution in [-0.4, -0.2) is 48.1 Å². The van der Waals surface area contributed by atoms with Gasteiger partial charge >= 0.3 is 0 Å². The Balaban J connectivity index is 1.47. The molecule has 2 amide bonds. The molecule has 7 heteroatoms. The summed E-state index contributed by atoms with van der Waals surface area (Å²) in [6, 6.07) is 1.65. The van der Waals surface area contributed by atoms with Crippen LogP contribution < -0.4 is 10.1 Å². The van der Waals surface area contributed by atoms with E-state index in [1.807, 2.05) is 0 Å². The molecule has 0 saturated carbocycles. The average molecular weight is 293 g/mol. The molecule has 1 N–H and O–H groups in total. The number of ether oxygens (including phenoxy) is 1. The maximum Gasteiger partial charge on any atom is 0.260 e. The molecule has 1 aromatic rings. The van der Waals surface area contributed by atoms with Crippen LogP contribution in [0.5, 0.6) is 5.88 Å². The Morgan fingerprint density at radius 2 is 2.29 bits per heavy atom. The van der Waals surface area contributed by atoms with Gasteiger partial charge in [0.25, 0.3) is 11.8 Å². The Morgan fingerprint density at radius 3 is 2.86 bits per heavy atom. The number of carbonyl (C=O) groups is 2. The summed E-state index contributed by atoms with van der Waals surface area (Å²) in [7, 11) is 0. The Bertz CT molecular complexity index is 546. The smallest absolute Gasteiger partial charge is 0.260 e. The zero-order valence-corrected chi connectivity index (χ0v) is 12.1. The third kappa shape index (κ3) is 3.01. The lowest BCUT2D eigenvalue weighted by molar-refractivity contribution is -0.135. The zero-order valence-electron chi connectivity index (χ0n) is 12.1. The van der Waals surface area contributed by atoms with Gasteiger partial charge in [-0.15, -0.1) is 0 Å². The molecule has 0 atom stereocenters. The van der Waals surface area contributed by atoms with Crippen molar-refractivity contribution in [2.75, 3.05) is 26.2 Å². The maximum atomic E-state index is 12.1. The lowest BCUT2D eigenvalue weighted by Gasteiger charge is -2.38. The second-order valence-electron chi connectivity index (χ2n) is 5.90. The predicted octanol–water partition coefficient (Wildman–Crippen LogP) is 0.491. The molecule has 7 nitrogen and oxygen atoms in total. The van der Waals surface area contributed by atoms with Crippen molar-refractivity contribution >= 4 is 11.8 Å². The van der Waals surface area contributed by atoms with Gasteiger partial charge in [0.15, 0.2) is 6.61 Å². The molecule has 2 saturated heterocycles. The number of carbonyl (C=O) groups excluding carboxylic acids is 2. The topological polar surface area (TPSA) is 84.7 Å². The van der Waals surface area contributed by atoms with Crippen LogP contribution in [0.1, 0.15) is 25.0 Å². The Kier molecular flexibility index (Phi) is 3.57. The summed E-state index contributed by atoms with van der Waals surface area (Å²) in [5, 5.41) is 6.57. The molecule has 21 heavy (non-hydrogen) atoms. The second-order valence-corrected chi connectivity index (χ2v) is 5.90. The van der Waals surface area contributed by atoms with Crippen molar-refractivity contribution in [1.82, 2.24) is 15.4 Å². The average Bonchev–Trinajstić information content (AvgIpc) is 3.04. The lowest BCUT2D eigenvalue weighted by Crippen LogP contribution is -2.45. The van der Waals surface area contributed by atoms with Crippen LogP contribution in [0.2, 0.25) is 0 Å². The number of amides is 2. The first-order valence-corrected chi connectivity index (χ1v) is 7.17. The number of hydrogen-bond acceptors (Lipinski definition) is 5. The van der Waals surface area contributed by atoms with Gasteiger partial charge in [-0.05, 0) is 30.3 Å². The van der Waals surface area contributed by atoms with E-state index in [9.17, 15) is 9.59 Å². The predicted molar refractivity (Wildman–Crippen MR) is 72.6 cm³/mol. The van der Waals surface area contributed by atoms with Crippen molar-refractivity contribution in [2.24, 2.45) is 5.41 Å². The molecule has 0 radical (unpaired) electrons. The molecular weight excluding hydrogens is 274 g/mol. The molecule has 3 heterocycles. The van der Waals surface area contributed by atoms with Crippen molar-refractivity contribution in [3.05, 3.63) is 11.8 Å². The van der Waals surface area contributed by atoms with E-state index in [1.165, 1.54) is 0 Å². The molecule has 2 aliphatic rings. The van der Waals surface area contributed by atoms with Crippen molar-refractivity contribution < 1.29 is 18.8 Å². The van der Waals surface area contributed by atoms with Gasteiger partial charge in [0.05, 0.1) is 0 Å². The van der Waals surface area contributed by atoms with Gasteiger partial charge in [-0.25, -0.2) is 0 Å². The normalized spacial score (nSPS) is 20.6. The molecular formula is C14H19N3O4. The zero-order chi connectivity index (χ0) is 14.9. The van der Waals surface area contributed by atoms with E-state index >= 15 is 0 Å². The van der Waals surface area contributed by atoms with Gasteiger partial charge in [-0.2, -0.15) is 0 Å². The summed E-state index contributed by atoms with van der Waals surface area (Å²) in [5.41, 5.74) is 0.0535. The fourth-order valence-corrected chi connectivity index (χ4v) is 2.97. The SMILES string of the molecule is Cc1cc(OCC(=O)N2CCC3(CC2)CNC(=O)C3)no1. The number of piperidine rings is 1. The third-order valence-corrected chi connectivity index (χ3v) is 4.32. The monoisotopic (exact) mass is 293 g/mol. The molecule has 0 unspecified atom stereocenters. The molecule has 2 aliphatic heterocycles. The summed E-state index contributed by atoms with van der Waals surface area (Å²) >= 11 is 0. The minimum absolute atomic E-state index is 0.0316. The largest absolute Gasteiger partial charge is 0.465 e. The minimum atomic E-state index is -0.0530. The van der Waals surface area contributed by atoms with E-state index in [1.54, 1.807) is 17.9 Å². The Hall–Kier alpha value is -2.05. The number of aryl methyl sites for hydroxylation is 1. The van der Waals surface area contributed by atoms with E-state index in [2.05, 4.69) is 10.5 Å². The van der Waals surface area contributed by atoms with E-state index in [-0.39, 0.29) is 23.8 Å². The van der Waals surface area contributed by atoms with E-state index < -0.39 is 0 Å². The summed E-state index contributed by atoms with van der Waals surface area (Å²) in [6.45, 7) is 3.82. The van der Waals surface area contributed by atoms with Gasteiger partial charge in [0, 0.05) is 32.1 Å². The maximum absolute atomic E-state index is 12.1. The molecule has 0 aromatic carbocycles. The second kappa shape index (κ2) is 5.38. The molecule has 0 aliphatic carbocycles. The summed E-state index contributed by atoms with van der Waals surface area (Å²) in [5.74, 6) is 1.05. The first-order valence-electron chi connectivity index (χ1n) is 7.17. The number of nitrogens with one attached hydrogen (secondary N) is 1. The Morgan fingerprint density at radius 1 is 1.52 bits per heavy atom. The molecule has 3 rings (SSSR count). The van der Waals surface area contributed by atoms with Gasteiger partial charge in [0.1, 0.15) is 5.76 Å². The number of rotatable bonds is 3. The van der Waals surface area contributed by atoms with Crippen LogP contribution in [0, 0.1) is 12.3 Å². The first kappa shape index (κ1) is 13.9. The lowest BCUT2D eigenvalue weighted by atomic mass is 9.77. The number of aromatic nitrogens is 1. The summed E-state index contributed by atoms with van der Waals surface area (Å²) in [6.07, 6.45) is 2.31. The quantitative estimate of drug-likeness (QED) is 0.876. The van der Waals surface area contributed by atoms with Crippen LogP contribution in [-0.2, 0) is 9.59 Å². The molecule has 114 valence electrons. The summed E-state index contributed by atoms with van der Waals surface area (Å²) in [4.78, 5) is 25.3. The van der Waals surface area contributed by atoms with Crippen molar-refractivity contribution in [1.29, 1.82) is 0 Å². The van der Waals surface area contributed by atoms with Crippen LogP contribution in [0.25, 0.3) is 0 Å². The fourth-order valence-electron chi connectivity index (χ4n) is 2.97. The van der Waals surface area contributed by atoms with E-state index in [0.29, 0.717) is 31.2 Å². The van der Waals surface area contributed by atoms with Crippen LogP contribution in [0.3, 0.4) is 0 Å². The highest BCUT2D eigenvalue weighted by Gasteiger charge is 2.41. The van der Waals surface area contributed by atoms with E-state index in [4.69, 9.17) is 9.26 Å². The van der Waals surface area contributed by atoms with Crippen molar-refractivity contribution in [2.45, 2.75) is 26.2 Å². The van der Waals surface area contributed by atoms with Gasteiger partial charge in [0.2, 0.25) is 5.91 Å². The molecule has 1 spiro atoms. The van der Waals surface area contributed by atoms with Crippen LogP contribution in [0.4, 0.5) is 0 Å². The molecule has 1 aromatic heterocycles. The number of likely N-dealkylation sites (tertiary alicyclic amines) is 1. The van der Waals surface area contributed by atoms with Gasteiger partial charge in [-0.3, -0.25) is 9.59 Å². The standard InChI is InChI=1S/C14H19N3O4/c1-10-6-12(16-21-10)20-8-13(19)17-4-2-14(3-5-17)7-11(18)15-9-14/h6H,2-5,7-9H2,1H3,(H,15,18). The first-order chi connectivity index (χ1) is 10.1. The molecule has 2 fully saturated rings. The van der Waals surface area contributed by atoms with Crippen molar-refractivity contribution in [3.63, 3.8) is 0 Å². The Labute approximate surface area is 122 Å². The highest BCUT2D eigenvalue weighted by molar-refractivity contribution is 5.80. The number of hydrogen-bond donors (Lipinski definition) is 1. The van der Waals surface area contributed by atoms with Crippen molar-refractivity contribution in [3.8, 4) is 5.88 Å². The minimum Gasteiger partial charge on any atom is -0.465 e.